The SMILES string of the molecule is COc1ccc(CCN(C(=O)Nc2ncc(S(=O)(=O)C(C)(C)C(=O)O)s2)C2CCCCC2)cc1F. The van der Waals surface area contributed by atoms with Gasteiger partial charge in [0.05, 0.1) is 13.3 Å². The number of methoxy groups -OCH3 is 1. The van der Waals surface area contributed by atoms with E-state index in [0.717, 1.165) is 57.7 Å². The Morgan fingerprint density at radius 2 is 1.97 bits per heavy atom. The molecular formula is C23H30FN3O6S2. The molecule has 1 saturated carbocycles. The molecule has 1 fully saturated rings. The summed E-state index contributed by atoms with van der Waals surface area (Å²) in [5.74, 6) is -1.80. The number of sulfone groups is 1. The third kappa shape index (κ3) is 5.92. The van der Waals surface area contributed by atoms with Crippen LogP contribution in [0.5, 0.6) is 5.75 Å². The van der Waals surface area contributed by atoms with Crippen LogP contribution in [-0.4, -0.2) is 59.9 Å². The first-order valence-electron chi connectivity index (χ1n) is 11.3. The van der Waals surface area contributed by atoms with Gasteiger partial charge in [-0.3, -0.25) is 10.1 Å². The van der Waals surface area contributed by atoms with Gasteiger partial charge in [-0.2, -0.15) is 0 Å². The molecular weight excluding hydrogens is 497 g/mol. The summed E-state index contributed by atoms with van der Waals surface area (Å²) in [7, 11) is -2.81. The van der Waals surface area contributed by atoms with Crippen LogP contribution in [0.3, 0.4) is 0 Å². The van der Waals surface area contributed by atoms with Gasteiger partial charge in [-0.15, -0.1) is 0 Å². The van der Waals surface area contributed by atoms with Gasteiger partial charge in [0, 0.05) is 12.6 Å². The molecule has 0 aliphatic heterocycles. The number of carbonyl (C=O) groups excluding carboxylic acids is 1. The standard InChI is InChI=1S/C23H30FN3O6S2/c1-23(2,20(28)29)35(31,32)19-14-25-21(34-19)26-22(30)27(16-7-5-4-6-8-16)12-11-15-9-10-18(33-3)17(24)13-15/h9-10,13-14,16H,4-8,11-12H2,1-3H3,(H,28,29)(H,25,26,30). The number of benzene rings is 1. The molecule has 0 spiro atoms. The van der Waals surface area contributed by atoms with Crippen molar-refractivity contribution in [3.8, 4) is 5.75 Å². The van der Waals surface area contributed by atoms with Crippen molar-refractivity contribution in [2.75, 3.05) is 19.0 Å². The minimum Gasteiger partial charge on any atom is -0.494 e. The van der Waals surface area contributed by atoms with Crippen LogP contribution in [0.25, 0.3) is 0 Å². The van der Waals surface area contributed by atoms with Gasteiger partial charge in [0.2, 0.25) is 9.84 Å². The lowest BCUT2D eigenvalue weighted by Crippen LogP contribution is -2.45. The van der Waals surface area contributed by atoms with Crippen molar-refractivity contribution in [1.29, 1.82) is 0 Å². The number of rotatable bonds is 9. The van der Waals surface area contributed by atoms with E-state index in [1.807, 2.05) is 0 Å². The number of thiazole rings is 1. The topological polar surface area (TPSA) is 126 Å². The fourth-order valence-electron chi connectivity index (χ4n) is 3.93. The number of carbonyl (C=O) groups is 2. The number of amides is 2. The van der Waals surface area contributed by atoms with E-state index in [1.165, 1.54) is 13.2 Å². The van der Waals surface area contributed by atoms with Gasteiger partial charge >= 0.3 is 12.0 Å². The van der Waals surface area contributed by atoms with Gasteiger partial charge in [-0.1, -0.05) is 36.7 Å². The number of urea groups is 1. The van der Waals surface area contributed by atoms with E-state index in [4.69, 9.17) is 4.74 Å². The van der Waals surface area contributed by atoms with E-state index in [1.54, 1.807) is 17.0 Å². The van der Waals surface area contributed by atoms with Crippen LogP contribution in [0.2, 0.25) is 0 Å². The molecule has 3 rings (SSSR count). The van der Waals surface area contributed by atoms with Gasteiger partial charge in [0.1, 0.15) is 4.21 Å². The Balaban J connectivity index is 1.76. The molecule has 1 aromatic carbocycles. The molecule has 2 amide bonds. The summed E-state index contributed by atoms with van der Waals surface area (Å²) in [6.07, 6.45) is 6.26. The number of anilines is 1. The third-order valence-corrected chi connectivity index (χ3v) is 10.1. The highest BCUT2D eigenvalue weighted by Crippen LogP contribution is 2.32. The number of hydrogen-bond donors (Lipinski definition) is 2. The van der Waals surface area contributed by atoms with Crippen molar-refractivity contribution in [1.82, 2.24) is 9.88 Å². The first-order chi connectivity index (χ1) is 16.5. The maximum absolute atomic E-state index is 14.1. The molecule has 12 heteroatoms. The smallest absolute Gasteiger partial charge is 0.324 e. The van der Waals surface area contributed by atoms with E-state index < -0.39 is 32.4 Å². The average molecular weight is 528 g/mol. The summed E-state index contributed by atoms with van der Waals surface area (Å²) in [4.78, 5) is 30.3. The summed E-state index contributed by atoms with van der Waals surface area (Å²) in [5, 5.41) is 12.0. The van der Waals surface area contributed by atoms with Crippen LogP contribution in [-0.2, 0) is 21.1 Å². The predicted octanol–water partition coefficient (Wildman–Crippen LogP) is 4.34. The first kappa shape index (κ1) is 26.9. The second-order valence-electron chi connectivity index (χ2n) is 8.94. The fourth-order valence-corrected chi connectivity index (χ4v) is 6.69. The second kappa shape index (κ2) is 10.9. The molecule has 1 aliphatic carbocycles. The monoisotopic (exact) mass is 527 g/mol. The van der Waals surface area contributed by atoms with Gasteiger partial charge in [-0.25, -0.2) is 22.6 Å². The first-order valence-corrected chi connectivity index (χ1v) is 13.6. The van der Waals surface area contributed by atoms with Crippen molar-refractivity contribution >= 4 is 38.3 Å². The molecule has 1 aliphatic rings. The highest BCUT2D eigenvalue weighted by molar-refractivity contribution is 7.95. The minimum absolute atomic E-state index is 0.000884. The van der Waals surface area contributed by atoms with Crippen LogP contribution in [0.4, 0.5) is 14.3 Å². The molecule has 2 aromatic rings. The number of aromatic nitrogens is 1. The third-order valence-electron chi connectivity index (χ3n) is 6.28. The Bertz CT molecular complexity index is 1180. The van der Waals surface area contributed by atoms with Gasteiger partial charge in [0.25, 0.3) is 0 Å². The molecule has 35 heavy (non-hydrogen) atoms. The molecule has 192 valence electrons. The number of aliphatic carboxylic acids is 1. The van der Waals surface area contributed by atoms with Crippen LogP contribution in [0, 0.1) is 5.82 Å². The lowest BCUT2D eigenvalue weighted by atomic mass is 9.94. The molecule has 1 aromatic heterocycles. The maximum atomic E-state index is 14.1. The Kier molecular flexibility index (Phi) is 8.37. The molecule has 2 N–H and O–H groups in total. The van der Waals surface area contributed by atoms with Crippen molar-refractivity contribution < 1.29 is 32.2 Å². The second-order valence-corrected chi connectivity index (χ2v) is 12.7. The van der Waals surface area contributed by atoms with Gasteiger partial charge < -0.3 is 14.7 Å². The Morgan fingerprint density at radius 3 is 2.57 bits per heavy atom. The highest BCUT2D eigenvalue weighted by Gasteiger charge is 2.44. The summed E-state index contributed by atoms with van der Waals surface area (Å²) in [6.45, 7) is 2.55. The molecule has 0 radical (unpaired) electrons. The largest absolute Gasteiger partial charge is 0.494 e. The van der Waals surface area contributed by atoms with Crippen LogP contribution in [0.1, 0.15) is 51.5 Å². The quantitative estimate of drug-likeness (QED) is 0.497. The lowest BCUT2D eigenvalue weighted by molar-refractivity contribution is -0.139. The van der Waals surface area contributed by atoms with Crippen molar-refractivity contribution in [3.63, 3.8) is 0 Å². The predicted molar refractivity (Wildman–Crippen MR) is 130 cm³/mol. The summed E-state index contributed by atoms with van der Waals surface area (Å²) in [5.41, 5.74) is 0.718. The average Bonchev–Trinajstić information content (AvgIpc) is 3.29. The van der Waals surface area contributed by atoms with Crippen molar-refractivity contribution in [2.45, 2.75) is 67.4 Å². The van der Waals surface area contributed by atoms with Gasteiger partial charge in [-0.05, 0) is 50.8 Å². The number of carboxylic acids is 1. The molecule has 0 unspecified atom stereocenters. The Morgan fingerprint density at radius 1 is 1.29 bits per heavy atom. The van der Waals surface area contributed by atoms with E-state index >= 15 is 0 Å². The summed E-state index contributed by atoms with van der Waals surface area (Å²) in [6, 6.07) is 4.26. The Labute approximate surface area is 208 Å². The van der Waals surface area contributed by atoms with Crippen LogP contribution >= 0.6 is 11.3 Å². The molecule has 0 saturated heterocycles. The van der Waals surface area contributed by atoms with Crippen LogP contribution in [0.15, 0.2) is 28.6 Å². The van der Waals surface area contributed by atoms with E-state index in [0.29, 0.717) is 24.3 Å². The zero-order valence-corrected chi connectivity index (χ0v) is 21.5. The lowest BCUT2D eigenvalue weighted by Gasteiger charge is -2.34. The highest BCUT2D eigenvalue weighted by atomic mass is 32.2. The summed E-state index contributed by atoms with van der Waals surface area (Å²) < 4.78 is 42.2. The Hall–Kier alpha value is -2.73. The van der Waals surface area contributed by atoms with Crippen molar-refractivity contribution in [2.24, 2.45) is 0 Å². The van der Waals surface area contributed by atoms with Gasteiger partial charge in [0.15, 0.2) is 21.4 Å². The fraction of sp³-hybridized carbons (Fsp3) is 0.522. The molecule has 0 atom stereocenters. The number of carboxylic acid groups (broad SMARTS) is 1. The number of nitrogens with one attached hydrogen (secondary N) is 1. The normalized spacial score (nSPS) is 15.0. The molecule has 9 nitrogen and oxygen atoms in total. The minimum atomic E-state index is -4.20. The number of halogens is 1. The number of nitrogens with zero attached hydrogens (tertiary/aromatic N) is 2. The maximum Gasteiger partial charge on any atom is 0.324 e. The van der Waals surface area contributed by atoms with E-state index in [2.05, 4.69) is 10.3 Å². The zero-order chi connectivity index (χ0) is 25.8. The van der Waals surface area contributed by atoms with Crippen molar-refractivity contribution in [3.05, 3.63) is 35.8 Å². The van der Waals surface area contributed by atoms with E-state index in [9.17, 15) is 27.5 Å². The van der Waals surface area contributed by atoms with E-state index in [-0.39, 0.29) is 21.1 Å². The number of hydrogen-bond acceptors (Lipinski definition) is 7. The molecule has 0 bridgehead atoms. The zero-order valence-electron chi connectivity index (χ0n) is 19.9. The molecule has 1 heterocycles. The van der Waals surface area contributed by atoms with Crippen LogP contribution < -0.4 is 10.1 Å². The summed E-state index contributed by atoms with van der Waals surface area (Å²) >= 11 is 0.713. The number of ether oxygens (including phenoxy) is 1.